The Bertz CT molecular complexity index is 267. The van der Waals surface area contributed by atoms with E-state index in [1.54, 1.807) is 0 Å². The van der Waals surface area contributed by atoms with E-state index in [0.29, 0.717) is 24.5 Å². The first-order valence-corrected chi connectivity index (χ1v) is 7.06. The van der Waals surface area contributed by atoms with Gasteiger partial charge in [-0.2, -0.15) is 0 Å². The Hall–Kier alpha value is -0.570. The van der Waals surface area contributed by atoms with Gasteiger partial charge in [-0.25, -0.2) is 0 Å². The van der Waals surface area contributed by atoms with Crippen LogP contribution in [0.5, 0.6) is 0 Å². The highest BCUT2D eigenvalue weighted by Crippen LogP contribution is 2.26. The zero-order valence-electron chi connectivity index (χ0n) is 11.2. The van der Waals surface area contributed by atoms with Crippen molar-refractivity contribution in [3.63, 3.8) is 0 Å². The van der Waals surface area contributed by atoms with E-state index in [0.717, 1.165) is 25.9 Å². The van der Waals surface area contributed by atoms with Crippen LogP contribution in [0.4, 0.5) is 0 Å². The lowest BCUT2D eigenvalue weighted by molar-refractivity contribution is -0.139. The monoisotopic (exact) mass is 239 g/mol. The minimum atomic E-state index is 0.187. The maximum absolute atomic E-state index is 11.9. The topological polar surface area (TPSA) is 29.5 Å². The molecule has 1 aliphatic carbocycles. The first-order chi connectivity index (χ1) is 8.16. The Morgan fingerprint density at radius 2 is 2.00 bits per heavy atom. The zero-order valence-corrected chi connectivity index (χ0v) is 11.2. The lowest BCUT2D eigenvalue weighted by atomic mass is 9.88. The quantitative estimate of drug-likeness (QED) is 0.757. The van der Waals surface area contributed by atoms with Gasteiger partial charge in [0, 0.05) is 13.1 Å². The lowest BCUT2D eigenvalue weighted by Crippen LogP contribution is -2.35. The molecule has 3 unspecified atom stereocenters. The molecule has 0 N–H and O–H groups in total. The summed E-state index contributed by atoms with van der Waals surface area (Å²) in [6.45, 7) is 6.58. The second kappa shape index (κ2) is 5.85. The predicted molar refractivity (Wildman–Crippen MR) is 67.7 cm³/mol. The average molecular weight is 239 g/mol. The number of rotatable bonds is 3. The van der Waals surface area contributed by atoms with Crippen molar-refractivity contribution in [1.29, 1.82) is 0 Å². The van der Waals surface area contributed by atoms with Crippen molar-refractivity contribution < 1.29 is 9.53 Å². The molecule has 0 radical (unpaired) electrons. The fourth-order valence-corrected chi connectivity index (χ4v) is 2.96. The number of nitrogens with zero attached hydrogens (tertiary/aromatic N) is 1. The predicted octanol–water partition coefficient (Wildman–Crippen LogP) is 2.45. The molecule has 1 heterocycles. The molecular formula is C14H25NO2. The van der Waals surface area contributed by atoms with Gasteiger partial charge in [-0.1, -0.05) is 26.7 Å². The van der Waals surface area contributed by atoms with Gasteiger partial charge in [-0.05, 0) is 31.1 Å². The van der Waals surface area contributed by atoms with Gasteiger partial charge in [-0.15, -0.1) is 0 Å². The summed E-state index contributed by atoms with van der Waals surface area (Å²) in [5.41, 5.74) is 0. The van der Waals surface area contributed by atoms with E-state index in [9.17, 15) is 4.79 Å². The van der Waals surface area contributed by atoms with E-state index < -0.39 is 0 Å². The normalized spacial score (nSPS) is 34.0. The van der Waals surface area contributed by atoms with Crippen LogP contribution in [-0.4, -0.2) is 36.6 Å². The van der Waals surface area contributed by atoms with Crippen LogP contribution in [-0.2, 0) is 9.53 Å². The molecule has 1 amide bonds. The first kappa shape index (κ1) is 12.9. The number of amides is 1. The minimum absolute atomic E-state index is 0.187. The molecule has 2 rings (SSSR count). The van der Waals surface area contributed by atoms with Gasteiger partial charge in [0.05, 0.1) is 6.10 Å². The summed E-state index contributed by atoms with van der Waals surface area (Å²) in [6, 6.07) is 0. The van der Waals surface area contributed by atoms with Crippen LogP contribution in [0.15, 0.2) is 0 Å². The highest BCUT2D eigenvalue weighted by atomic mass is 16.5. The molecule has 0 spiro atoms. The number of likely N-dealkylation sites (tertiary alicyclic amines) is 1. The number of ether oxygens (including phenoxy) is 1. The van der Waals surface area contributed by atoms with Crippen LogP contribution >= 0.6 is 0 Å². The molecule has 2 fully saturated rings. The molecule has 1 saturated carbocycles. The van der Waals surface area contributed by atoms with Crippen LogP contribution in [0.1, 0.15) is 46.0 Å². The summed E-state index contributed by atoms with van der Waals surface area (Å²) in [6.07, 6.45) is 6.41. The molecule has 0 aromatic heterocycles. The van der Waals surface area contributed by atoms with Gasteiger partial charge in [0.15, 0.2) is 0 Å². The fourth-order valence-electron chi connectivity index (χ4n) is 2.96. The lowest BCUT2D eigenvalue weighted by Gasteiger charge is -2.29. The van der Waals surface area contributed by atoms with Crippen molar-refractivity contribution in [2.45, 2.75) is 52.1 Å². The molecular weight excluding hydrogens is 214 g/mol. The largest absolute Gasteiger partial charge is 0.368 e. The van der Waals surface area contributed by atoms with Crippen molar-refractivity contribution in [3.05, 3.63) is 0 Å². The molecule has 1 aliphatic heterocycles. The molecule has 2 aliphatic rings. The molecule has 0 bridgehead atoms. The smallest absolute Gasteiger partial charge is 0.248 e. The fraction of sp³-hybridized carbons (Fsp3) is 0.929. The zero-order chi connectivity index (χ0) is 12.3. The molecule has 98 valence electrons. The van der Waals surface area contributed by atoms with Crippen LogP contribution in [0.25, 0.3) is 0 Å². The Labute approximate surface area is 105 Å². The number of hydrogen-bond acceptors (Lipinski definition) is 2. The SMILES string of the molecule is CC1CCN(C(=O)COC2CCCCC2C)C1. The van der Waals surface area contributed by atoms with Crippen molar-refractivity contribution in [2.75, 3.05) is 19.7 Å². The van der Waals surface area contributed by atoms with E-state index in [1.165, 1.54) is 19.3 Å². The van der Waals surface area contributed by atoms with Crippen molar-refractivity contribution in [2.24, 2.45) is 11.8 Å². The standard InChI is InChI=1S/C14H25NO2/c1-11-7-8-15(9-11)14(16)10-17-13-6-4-3-5-12(13)2/h11-13H,3-10H2,1-2H3. The van der Waals surface area contributed by atoms with Crippen LogP contribution in [0.2, 0.25) is 0 Å². The number of hydrogen-bond donors (Lipinski definition) is 0. The third-order valence-electron chi connectivity index (χ3n) is 4.23. The molecule has 3 atom stereocenters. The number of carbonyl (C=O) groups excluding carboxylic acids is 1. The first-order valence-electron chi connectivity index (χ1n) is 7.06. The van der Waals surface area contributed by atoms with E-state index in [4.69, 9.17) is 4.74 Å². The molecule has 1 saturated heterocycles. The minimum Gasteiger partial charge on any atom is -0.368 e. The summed E-state index contributed by atoms with van der Waals surface area (Å²) in [7, 11) is 0. The third-order valence-corrected chi connectivity index (χ3v) is 4.23. The average Bonchev–Trinajstić information content (AvgIpc) is 2.74. The maximum atomic E-state index is 11.9. The summed E-state index contributed by atoms with van der Waals surface area (Å²) in [5, 5.41) is 0. The van der Waals surface area contributed by atoms with Gasteiger partial charge in [-0.3, -0.25) is 4.79 Å². The number of carbonyl (C=O) groups is 1. The summed E-state index contributed by atoms with van der Waals surface area (Å²) < 4.78 is 5.81. The van der Waals surface area contributed by atoms with Crippen LogP contribution < -0.4 is 0 Å². The second-order valence-electron chi connectivity index (χ2n) is 5.84. The van der Waals surface area contributed by atoms with Gasteiger partial charge < -0.3 is 9.64 Å². The molecule has 17 heavy (non-hydrogen) atoms. The Morgan fingerprint density at radius 3 is 2.65 bits per heavy atom. The van der Waals surface area contributed by atoms with Gasteiger partial charge >= 0.3 is 0 Å². The van der Waals surface area contributed by atoms with Crippen LogP contribution in [0.3, 0.4) is 0 Å². The van der Waals surface area contributed by atoms with E-state index in [2.05, 4.69) is 13.8 Å². The van der Waals surface area contributed by atoms with Crippen molar-refractivity contribution >= 4 is 5.91 Å². The summed E-state index contributed by atoms with van der Waals surface area (Å²) in [4.78, 5) is 13.9. The van der Waals surface area contributed by atoms with E-state index in [-0.39, 0.29) is 5.91 Å². The Balaban J connectivity index is 1.72. The van der Waals surface area contributed by atoms with Gasteiger partial charge in [0.25, 0.3) is 0 Å². The Morgan fingerprint density at radius 1 is 1.24 bits per heavy atom. The summed E-state index contributed by atoms with van der Waals surface area (Å²) in [5.74, 6) is 1.47. The highest BCUT2D eigenvalue weighted by Gasteiger charge is 2.26. The van der Waals surface area contributed by atoms with Gasteiger partial charge in [0.2, 0.25) is 5.91 Å². The highest BCUT2D eigenvalue weighted by molar-refractivity contribution is 5.77. The molecule has 3 nitrogen and oxygen atoms in total. The van der Waals surface area contributed by atoms with Crippen LogP contribution in [0, 0.1) is 11.8 Å². The van der Waals surface area contributed by atoms with E-state index in [1.807, 2.05) is 4.90 Å². The van der Waals surface area contributed by atoms with Crippen molar-refractivity contribution in [3.8, 4) is 0 Å². The second-order valence-corrected chi connectivity index (χ2v) is 5.84. The maximum Gasteiger partial charge on any atom is 0.248 e. The van der Waals surface area contributed by atoms with E-state index >= 15 is 0 Å². The third kappa shape index (κ3) is 3.44. The van der Waals surface area contributed by atoms with Crippen molar-refractivity contribution in [1.82, 2.24) is 4.90 Å². The molecule has 0 aromatic rings. The van der Waals surface area contributed by atoms with Gasteiger partial charge in [0.1, 0.15) is 6.61 Å². The Kier molecular flexibility index (Phi) is 4.43. The molecule has 0 aromatic carbocycles. The molecule has 3 heteroatoms. The summed E-state index contributed by atoms with van der Waals surface area (Å²) >= 11 is 0.